The summed E-state index contributed by atoms with van der Waals surface area (Å²) in [4.78, 5) is 57.7. The summed E-state index contributed by atoms with van der Waals surface area (Å²) in [6.07, 6.45) is -2.87. The Morgan fingerprint density at radius 1 is 0.965 bits per heavy atom. The predicted molar refractivity (Wildman–Crippen MR) is 199 cm³/mol. The molecule has 1 aromatic heterocycles. The van der Waals surface area contributed by atoms with Crippen molar-refractivity contribution in [3.8, 4) is 5.69 Å². The van der Waals surface area contributed by atoms with Gasteiger partial charge in [-0.1, -0.05) is 18.2 Å². The maximum atomic E-state index is 15.5. The van der Waals surface area contributed by atoms with Crippen LogP contribution in [0, 0.1) is 12.7 Å². The molecular formula is C38H41FN8O10. The van der Waals surface area contributed by atoms with E-state index in [1.54, 1.807) is 42.2 Å². The Kier molecular flexibility index (Phi) is 12.5. The van der Waals surface area contributed by atoms with Crippen molar-refractivity contribution in [2.24, 2.45) is 0 Å². The highest BCUT2D eigenvalue weighted by molar-refractivity contribution is 6.02. The van der Waals surface area contributed by atoms with E-state index in [0.717, 1.165) is 6.08 Å². The van der Waals surface area contributed by atoms with Crippen molar-refractivity contribution in [2.75, 3.05) is 49.5 Å². The molecule has 3 amide bonds. The molecule has 0 saturated carbocycles. The third-order valence-corrected chi connectivity index (χ3v) is 10.0. The van der Waals surface area contributed by atoms with Gasteiger partial charge in [0.1, 0.15) is 36.5 Å². The Morgan fingerprint density at radius 3 is 2.37 bits per heavy atom. The fourth-order valence-electron chi connectivity index (χ4n) is 6.97. The number of carbonyl (C=O) groups is 4. The van der Waals surface area contributed by atoms with Gasteiger partial charge in [0.2, 0.25) is 11.8 Å². The molecule has 0 aliphatic carbocycles. The Morgan fingerprint density at radius 2 is 1.70 bits per heavy atom. The van der Waals surface area contributed by atoms with Gasteiger partial charge in [0.05, 0.1) is 30.5 Å². The number of benzene rings is 3. The molecule has 19 heteroatoms. The summed E-state index contributed by atoms with van der Waals surface area (Å²) in [7, 11) is 0. The van der Waals surface area contributed by atoms with Crippen molar-refractivity contribution in [1.82, 2.24) is 30.0 Å². The van der Waals surface area contributed by atoms with Crippen LogP contribution >= 0.6 is 0 Å². The number of piperazine rings is 1. The molecule has 3 aromatic carbocycles. The lowest BCUT2D eigenvalue weighted by Gasteiger charge is -2.40. The number of aromatic nitrogens is 4. The quantitative estimate of drug-likeness (QED) is 0.0858. The van der Waals surface area contributed by atoms with E-state index in [1.165, 1.54) is 51.2 Å². The minimum Gasteiger partial charge on any atom is -0.478 e. The minimum atomic E-state index is -1.81. The van der Waals surface area contributed by atoms with Gasteiger partial charge in [0.25, 0.3) is 5.91 Å². The van der Waals surface area contributed by atoms with E-state index in [-0.39, 0.29) is 67.6 Å². The molecule has 2 aliphatic heterocycles. The van der Waals surface area contributed by atoms with Gasteiger partial charge in [-0.15, -0.1) is 5.10 Å². The third-order valence-electron chi connectivity index (χ3n) is 10.0. The first-order valence-electron chi connectivity index (χ1n) is 17.9. The Balaban J connectivity index is 1.28. The molecule has 0 bridgehead atoms. The number of carboxylic acid groups (broad SMARTS) is 1. The smallest absolute Gasteiger partial charge is 0.335 e. The van der Waals surface area contributed by atoms with Crippen molar-refractivity contribution < 1.29 is 54.2 Å². The zero-order chi connectivity index (χ0) is 41.0. The summed E-state index contributed by atoms with van der Waals surface area (Å²) in [6, 6.07) is 12.4. The van der Waals surface area contributed by atoms with E-state index >= 15 is 4.39 Å². The highest BCUT2D eigenvalue weighted by atomic mass is 19.1. The van der Waals surface area contributed by atoms with Crippen LogP contribution in [0.4, 0.5) is 15.8 Å². The van der Waals surface area contributed by atoms with Crippen molar-refractivity contribution in [3.05, 3.63) is 101 Å². The number of amides is 3. The van der Waals surface area contributed by atoms with Crippen LogP contribution in [0.15, 0.2) is 67.0 Å². The molecule has 7 N–H and O–H groups in total. The topological polar surface area (TPSA) is 255 Å². The van der Waals surface area contributed by atoms with Crippen LogP contribution in [0.25, 0.3) is 11.8 Å². The molecule has 0 spiro atoms. The van der Waals surface area contributed by atoms with E-state index < -0.39 is 60.7 Å². The van der Waals surface area contributed by atoms with Crippen LogP contribution in [0.3, 0.4) is 0 Å². The summed E-state index contributed by atoms with van der Waals surface area (Å²) in [6.45, 7) is 0.741. The molecule has 4 aromatic rings. The third kappa shape index (κ3) is 8.73. The Labute approximate surface area is 324 Å². The first-order valence-corrected chi connectivity index (χ1v) is 17.9. The maximum Gasteiger partial charge on any atom is 0.335 e. The molecule has 0 radical (unpaired) electrons. The second-order valence-electron chi connectivity index (χ2n) is 13.7. The van der Waals surface area contributed by atoms with Gasteiger partial charge in [-0.2, -0.15) is 4.68 Å². The summed E-state index contributed by atoms with van der Waals surface area (Å²) in [5.41, 5.74) is 2.42. The van der Waals surface area contributed by atoms with Crippen LogP contribution in [0.1, 0.15) is 38.7 Å². The normalized spacial score (nSPS) is 18.2. The first kappa shape index (κ1) is 40.7. The molecule has 5 atom stereocenters. The van der Waals surface area contributed by atoms with Crippen LogP contribution in [0.2, 0.25) is 0 Å². The molecule has 300 valence electrons. The number of nitrogens with zero attached hydrogens (tertiary/aromatic N) is 7. The van der Waals surface area contributed by atoms with E-state index in [0.29, 0.717) is 22.4 Å². The number of aromatic carboxylic acids is 1. The lowest BCUT2D eigenvalue weighted by molar-refractivity contribution is -0.135. The first-order chi connectivity index (χ1) is 27.3. The molecule has 1 fully saturated rings. The van der Waals surface area contributed by atoms with Crippen LogP contribution < -0.4 is 10.2 Å². The van der Waals surface area contributed by atoms with E-state index in [1.807, 2.05) is 0 Å². The number of hydrogen-bond acceptors (Lipinski definition) is 13. The molecule has 18 nitrogen and oxygen atoms in total. The van der Waals surface area contributed by atoms with Gasteiger partial charge < -0.3 is 45.8 Å². The lowest BCUT2D eigenvalue weighted by Crippen LogP contribution is -2.55. The maximum absolute atomic E-state index is 15.5. The largest absolute Gasteiger partial charge is 0.478 e. The summed E-state index contributed by atoms with van der Waals surface area (Å²) in [5.74, 6) is -3.39. The second kappa shape index (κ2) is 17.5. The summed E-state index contributed by atoms with van der Waals surface area (Å²) < 4.78 is 16.7. The molecule has 2 aliphatic rings. The van der Waals surface area contributed by atoms with Crippen LogP contribution in [-0.2, 0) is 20.8 Å². The highest BCUT2D eigenvalue weighted by Crippen LogP contribution is 2.37. The van der Waals surface area contributed by atoms with E-state index in [2.05, 4.69) is 20.8 Å². The monoisotopic (exact) mass is 788 g/mol. The Bertz CT molecular complexity index is 2150. The highest BCUT2D eigenvalue weighted by Gasteiger charge is 2.39. The van der Waals surface area contributed by atoms with Crippen molar-refractivity contribution in [2.45, 2.75) is 43.8 Å². The lowest BCUT2D eigenvalue weighted by atomic mass is 9.89. The van der Waals surface area contributed by atoms with E-state index in [9.17, 15) is 44.7 Å². The molecule has 0 unspecified atom stereocenters. The fourth-order valence-corrected chi connectivity index (χ4v) is 6.97. The van der Waals surface area contributed by atoms with Crippen molar-refractivity contribution in [1.29, 1.82) is 0 Å². The number of aryl methyl sites for hydroxylation is 1. The number of halogens is 1. The molecule has 57 heavy (non-hydrogen) atoms. The number of nitrogens with one attached hydrogen (secondary N) is 1. The average Bonchev–Trinajstić information content (AvgIpc) is 3.75. The predicted octanol–water partition coefficient (Wildman–Crippen LogP) is -0.330. The molecular weight excluding hydrogens is 747 g/mol. The van der Waals surface area contributed by atoms with Gasteiger partial charge in [-0.25, -0.2) is 9.18 Å². The summed E-state index contributed by atoms with van der Waals surface area (Å²) in [5, 5.41) is 72.6. The minimum absolute atomic E-state index is 0.000517. The SMILES string of the molecule is Cc1ccc(-n2cnnn2)c(/C=C/C(=O)N2CCc3c(cccc3N3CCN(C[C@H](O)[C@@H](O)[C@H](O)[C@H](O)CO)CC3=O)[C@H]2C(=O)Nc2ccc(C(=O)O)cc2)c1F. The standard InChI is InChI=1S/C38H41FN8O10/c1-21-5-11-28(47-20-40-42-43-47)26(33(21)39)10-12-31(51)46-14-13-24-25(34(46)37(55)41-23-8-6-22(7-9-23)38(56)57)3-2-4-27(24)45-16-15-44(18-32(45)52)17-29(49)35(53)36(54)30(50)19-48/h2-12,20,29-30,34-36,48-50,53-54H,13-19H2,1H3,(H,41,55)(H,56,57)/b12-10+/t29-,30+,34-,35+,36+/m0/s1. The van der Waals surface area contributed by atoms with Gasteiger partial charge in [-0.3, -0.25) is 19.3 Å². The number of aliphatic hydroxyl groups excluding tert-OH is 5. The van der Waals surface area contributed by atoms with Crippen LogP contribution in [-0.4, -0.2) is 148 Å². The number of aliphatic hydroxyl groups is 5. The van der Waals surface area contributed by atoms with Crippen LogP contribution in [0.5, 0.6) is 0 Å². The zero-order valence-corrected chi connectivity index (χ0v) is 30.6. The number of tetrazole rings is 1. The Hall–Kier alpha value is -5.96. The number of carbonyl (C=O) groups excluding carboxylic acids is 3. The van der Waals surface area contributed by atoms with Gasteiger partial charge in [-0.05, 0) is 82.9 Å². The second-order valence-corrected chi connectivity index (χ2v) is 13.7. The number of β-amino-alcohol motifs (C(OH)–C–C–N with tert-alkyl or cyclic N) is 1. The van der Waals surface area contributed by atoms with Crippen molar-refractivity contribution >= 4 is 41.1 Å². The molecule has 3 heterocycles. The average molecular weight is 789 g/mol. The zero-order valence-electron chi connectivity index (χ0n) is 30.6. The van der Waals surface area contributed by atoms with E-state index in [4.69, 9.17) is 5.11 Å². The van der Waals surface area contributed by atoms with Gasteiger partial charge in [0.15, 0.2) is 0 Å². The van der Waals surface area contributed by atoms with Crippen molar-refractivity contribution in [3.63, 3.8) is 0 Å². The number of anilines is 2. The molecule has 6 rings (SSSR count). The summed E-state index contributed by atoms with van der Waals surface area (Å²) >= 11 is 0. The van der Waals surface area contributed by atoms with Gasteiger partial charge in [0, 0.05) is 49.2 Å². The number of hydrogen-bond donors (Lipinski definition) is 7. The fraction of sp³-hybridized carbons (Fsp3) is 0.342. The molecule has 1 saturated heterocycles. The number of fused-ring (bicyclic) bond motifs is 1. The number of carboxylic acids is 1. The number of rotatable bonds is 13. The van der Waals surface area contributed by atoms with Gasteiger partial charge >= 0.3 is 5.97 Å².